The lowest BCUT2D eigenvalue weighted by molar-refractivity contribution is -0.146. The number of carbonyl (C=O) groups is 2. The Morgan fingerprint density at radius 2 is 2.00 bits per heavy atom. The van der Waals surface area contributed by atoms with Crippen LogP contribution in [0.3, 0.4) is 0 Å². The number of amides is 1. The van der Waals surface area contributed by atoms with Crippen molar-refractivity contribution >= 4 is 12.1 Å². The SMILES string of the molecule is COC(=O)C1CC=C(C)CC1NC(=O)OC(C)(C)C. The van der Waals surface area contributed by atoms with E-state index in [0.717, 1.165) is 5.57 Å². The first-order valence-corrected chi connectivity index (χ1v) is 6.46. The third-order valence-corrected chi connectivity index (χ3v) is 2.95. The molecule has 0 aromatic rings. The lowest BCUT2D eigenvalue weighted by Gasteiger charge is -2.30. The molecule has 0 saturated carbocycles. The number of methoxy groups -OCH3 is 1. The van der Waals surface area contributed by atoms with Crippen LogP contribution in [0.25, 0.3) is 0 Å². The Hall–Kier alpha value is -1.52. The molecule has 0 fully saturated rings. The van der Waals surface area contributed by atoms with E-state index >= 15 is 0 Å². The molecule has 0 aliphatic heterocycles. The summed E-state index contributed by atoms with van der Waals surface area (Å²) in [5.74, 6) is -0.647. The highest BCUT2D eigenvalue weighted by molar-refractivity contribution is 5.75. The van der Waals surface area contributed by atoms with Crippen LogP contribution in [-0.2, 0) is 14.3 Å². The first-order valence-electron chi connectivity index (χ1n) is 6.46. The lowest BCUT2D eigenvalue weighted by atomic mass is 9.85. The second-order valence-corrected chi connectivity index (χ2v) is 5.87. The van der Waals surface area contributed by atoms with E-state index in [1.807, 2.05) is 13.0 Å². The Bertz CT molecular complexity index is 381. The van der Waals surface area contributed by atoms with Crippen molar-refractivity contribution < 1.29 is 19.1 Å². The average molecular weight is 269 g/mol. The minimum Gasteiger partial charge on any atom is -0.469 e. The number of ether oxygens (including phenoxy) is 2. The Balaban J connectivity index is 2.70. The van der Waals surface area contributed by atoms with Gasteiger partial charge in [-0.2, -0.15) is 0 Å². The van der Waals surface area contributed by atoms with E-state index in [2.05, 4.69) is 5.32 Å². The molecule has 108 valence electrons. The molecule has 2 atom stereocenters. The molecule has 0 spiro atoms. The molecular formula is C14H23NO4. The summed E-state index contributed by atoms with van der Waals surface area (Å²) < 4.78 is 9.99. The summed E-state index contributed by atoms with van der Waals surface area (Å²) >= 11 is 0. The van der Waals surface area contributed by atoms with Crippen LogP contribution in [-0.4, -0.2) is 30.8 Å². The van der Waals surface area contributed by atoms with Gasteiger partial charge in [-0.1, -0.05) is 11.6 Å². The maximum atomic E-state index is 11.8. The van der Waals surface area contributed by atoms with Gasteiger partial charge in [0.05, 0.1) is 13.0 Å². The van der Waals surface area contributed by atoms with E-state index in [9.17, 15) is 9.59 Å². The van der Waals surface area contributed by atoms with Crippen LogP contribution in [0.2, 0.25) is 0 Å². The van der Waals surface area contributed by atoms with Gasteiger partial charge < -0.3 is 14.8 Å². The van der Waals surface area contributed by atoms with Crippen LogP contribution in [0, 0.1) is 5.92 Å². The smallest absolute Gasteiger partial charge is 0.407 e. The van der Waals surface area contributed by atoms with Gasteiger partial charge in [0.1, 0.15) is 5.60 Å². The maximum Gasteiger partial charge on any atom is 0.407 e. The maximum absolute atomic E-state index is 11.8. The fourth-order valence-electron chi connectivity index (χ4n) is 2.09. The number of esters is 1. The van der Waals surface area contributed by atoms with Crippen molar-refractivity contribution in [2.45, 2.75) is 52.2 Å². The van der Waals surface area contributed by atoms with E-state index in [0.29, 0.717) is 12.8 Å². The first-order chi connectivity index (χ1) is 8.73. The summed E-state index contributed by atoms with van der Waals surface area (Å²) in [6, 6.07) is -0.271. The monoisotopic (exact) mass is 269 g/mol. The molecule has 19 heavy (non-hydrogen) atoms. The summed E-state index contributed by atoms with van der Waals surface area (Å²) in [6.07, 6.45) is 2.73. The summed E-state index contributed by atoms with van der Waals surface area (Å²) in [4.78, 5) is 23.5. The molecule has 0 bridgehead atoms. The van der Waals surface area contributed by atoms with Crippen molar-refractivity contribution in [3.63, 3.8) is 0 Å². The van der Waals surface area contributed by atoms with Crippen molar-refractivity contribution in [2.24, 2.45) is 5.92 Å². The molecule has 5 nitrogen and oxygen atoms in total. The van der Waals surface area contributed by atoms with Gasteiger partial charge in [0, 0.05) is 6.04 Å². The Morgan fingerprint density at radius 3 is 2.53 bits per heavy atom. The average Bonchev–Trinajstić information content (AvgIpc) is 2.25. The Kier molecular flexibility index (Phi) is 4.97. The molecule has 0 heterocycles. The molecule has 1 aliphatic carbocycles. The number of allylic oxidation sites excluding steroid dienone is 1. The second-order valence-electron chi connectivity index (χ2n) is 5.87. The van der Waals surface area contributed by atoms with Crippen LogP contribution in [0.5, 0.6) is 0 Å². The molecule has 0 radical (unpaired) electrons. The van der Waals surface area contributed by atoms with Crippen LogP contribution < -0.4 is 5.32 Å². The van der Waals surface area contributed by atoms with Gasteiger partial charge in [-0.25, -0.2) is 4.79 Å². The van der Waals surface area contributed by atoms with E-state index in [-0.39, 0.29) is 17.9 Å². The third kappa shape index (κ3) is 4.93. The van der Waals surface area contributed by atoms with Crippen LogP contribution in [0.15, 0.2) is 11.6 Å². The highest BCUT2D eigenvalue weighted by Gasteiger charge is 2.33. The highest BCUT2D eigenvalue weighted by atomic mass is 16.6. The predicted molar refractivity (Wildman–Crippen MR) is 71.7 cm³/mol. The standard InChI is InChI=1S/C14H23NO4/c1-9-6-7-10(12(16)18-5)11(8-9)15-13(17)19-14(2,3)4/h6,10-11H,7-8H2,1-5H3,(H,15,17). The minimum absolute atomic E-state index is 0.271. The van der Waals surface area contributed by atoms with Gasteiger partial charge in [0.25, 0.3) is 0 Å². The number of nitrogens with one attached hydrogen (secondary N) is 1. The van der Waals surface area contributed by atoms with Gasteiger partial charge in [0.2, 0.25) is 0 Å². The molecule has 5 heteroatoms. The number of hydrogen-bond donors (Lipinski definition) is 1. The van der Waals surface area contributed by atoms with Crippen LogP contribution >= 0.6 is 0 Å². The normalized spacial score (nSPS) is 23.3. The highest BCUT2D eigenvalue weighted by Crippen LogP contribution is 2.25. The molecular weight excluding hydrogens is 246 g/mol. The number of rotatable bonds is 2. The van der Waals surface area contributed by atoms with E-state index in [1.165, 1.54) is 7.11 Å². The van der Waals surface area contributed by atoms with Gasteiger partial charge in [0.15, 0.2) is 0 Å². The zero-order valence-corrected chi connectivity index (χ0v) is 12.3. The Morgan fingerprint density at radius 1 is 1.37 bits per heavy atom. The van der Waals surface area contributed by atoms with Gasteiger partial charge in [-0.3, -0.25) is 4.79 Å². The summed E-state index contributed by atoms with van der Waals surface area (Å²) in [7, 11) is 1.36. The third-order valence-electron chi connectivity index (χ3n) is 2.95. The first kappa shape index (κ1) is 15.5. The van der Waals surface area contributed by atoms with Gasteiger partial charge in [-0.05, 0) is 40.5 Å². The zero-order valence-electron chi connectivity index (χ0n) is 12.3. The van der Waals surface area contributed by atoms with Crippen molar-refractivity contribution in [1.29, 1.82) is 0 Å². The quantitative estimate of drug-likeness (QED) is 0.617. The van der Waals surface area contributed by atoms with Gasteiger partial charge in [-0.15, -0.1) is 0 Å². The molecule has 1 rings (SSSR count). The second kappa shape index (κ2) is 6.08. The fraction of sp³-hybridized carbons (Fsp3) is 0.714. The number of hydrogen-bond acceptors (Lipinski definition) is 4. The summed E-state index contributed by atoms with van der Waals surface area (Å²) in [6.45, 7) is 7.39. The molecule has 0 aromatic carbocycles. The number of carbonyl (C=O) groups excluding carboxylic acids is 2. The van der Waals surface area contributed by atoms with Crippen molar-refractivity contribution in [3.8, 4) is 0 Å². The summed E-state index contributed by atoms with van der Waals surface area (Å²) in [5, 5.41) is 2.77. The van der Waals surface area contributed by atoms with Gasteiger partial charge >= 0.3 is 12.1 Å². The lowest BCUT2D eigenvalue weighted by Crippen LogP contribution is -2.46. The largest absolute Gasteiger partial charge is 0.469 e. The molecule has 1 N–H and O–H groups in total. The summed E-state index contributed by atoms with van der Waals surface area (Å²) in [5.41, 5.74) is 0.603. The fourth-order valence-corrected chi connectivity index (χ4v) is 2.09. The predicted octanol–water partition coefficient (Wildman–Crippen LogP) is 2.41. The van der Waals surface area contributed by atoms with Crippen molar-refractivity contribution in [2.75, 3.05) is 7.11 Å². The molecule has 0 aromatic heterocycles. The van der Waals surface area contributed by atoms with Crippen LogP contribution in [0.4, 0.5) is 4.79 Å². The number of alkyl carbamates (subject to hydrolysis) is 1. The Labute approximate surface area is 114 Å². The molecule has 1 aliphatic rings. The van der Waals surface area contributed by atoms with Crippen molar-refractivity contribution in [3.05, 3.63) is 11.6 Å². The van der Waals surface area contributed by atoms with Crippen molar-refractivity contribution in [1.82, 2.24) is 5.32 Å². The van der Waals surface area contributed by atoms with Crippen LogP contribution in [0.1, 0.15) is 40.5 Å². The van der Waals surface area contributed by atoms with E-state index in [4.69, 9.17) is 9.47 Å². The zero-order chi connectivity index (χ0) is 14.6. The minimum atomic E-state index is -0.551. The molecule has 0 saturated heterocycles. The van der Waals surface area contributed by atoms with E-state index in [1.54, 1.807) is 20.8 Å². The van der Waals surface area contributed by atoms with E-state index < -0.39 is 11.7 Å². The topological polar surface area (TPSA) is 64.6 Å². The molecule has 1 amide bonds. The molecule has 2 unspecified atom stereocenters.